The molecular weight excluding hydrogens is 414 g/mol. The Morgan fingerprint density at radius 1 is 1.25 bits per heavy atom. The van der Waals surface area contributed by atoms with Gasteiger partial charge in [0, 0.05) is 14.6 Å². The molecule has 0 saturated carbocycles. The molecule has 0 aliphatic rings. The third-order valence-corrected chi connectivity index (χ3v) is 5.38. The van der Waals surface area contributed by atoms with E-state index in [2.05, 4.69) is 41.7 Å². The zero-order valence-corrected chi connectivity index (χ0v) is 14.6. The molecule has 9 heteroatoms. The van der Waals surface area contributed by atoms with Gasteiger partial charge in [-0.15, -0.1) is 0 Å². The van der Waals surface area contributed by atoms with E-state index in [1.807, 2.05) is 0 Å². The fraction of sp³-hybridized carbons (Fsp3) is 0.182. The maximum atomic E-state index is 12.4. The minimum absolute atomic E-state index is 0.0353. The molecule has 1 aromatic heterocycles. The van der Waals surface area contributed by atoms with Crippen LogP contribution in [0.4, 0.5) is 11.4 Å². The topological polar surface area (TPSA) is 98.2 Å². The quantitative estimate of drug-likeness (QED) is 0.737. The number of rotatable bonds is 3. The van der Waals surface area contributed by atoms with Crippen molar-refractivity contribution in [3.8, 4) is 0 Å². The van der Waals surface area contributed by atoms with Crippen molar-refractivity contribution in [3.05, 3.63) is 32.5 Å². The largest absolute Gasteiger partial charge is 0.399 e. The average Bonchev–Trinajstić information content (AvgIpc) is 2.64. The van der Waals surface area contributed by atoms with Gasteiger partial charge < -0.3 is 10.3 Å². The van der Waals surface area contributed by atoms with Crippen LogP contribution >= 0.6 is 31.9 Å². The van der Waals surface area contributed by atoms with E-state index >= 15 is 0 Å². The van der Waals surface area contributed by atoms with Gasteiger partial charge in [0.1, 0.15) is 5.69 Å². The molecule has 0 unspecified atom stereocenters. The van der Waals surface area contributed by atoms with Crippen molar-refractivity contribution in [2.45, 2.75) is 18.7 Å². The van der Waals surface area contributed by atoms with Crippen molar-refractivity contribution in [1.82, 2.24) is 5.16 Å². The van der Waals surface area contributed by atoms with Gasteiger partial charge in [-0.1, -0.05) is 5.16 Å². The minimum atomic E-state index is -3.80. The molecule has 1 aromatic carbocycles. The third kappa shape index (κ3) is 2.84. The summed E-state index contributed by atoms with van der Waals surface area (Å²) in [7, 11) is -3.80. The van der Waals surface area contributed by atoms with Gasteiger partial charge >= 0.3 is 0 Å². The van der Waals surface area contributed by atoms with E-state index in [0.717, 1.165) is 0 Å². The molecular formula is C11H11Br2N3O3S. The van der Waals surface area contributed by atoms with Gasteiger partial charge in [0.05, 0.1) is 5.69 Å². The summed E-state index contributed by atoms with van der Waals surface area (Å²) < 4.78 is 33.2. The molecule has 0 atom stereocenters. The van der Waals surface area contributed by atoms with Crippen molar-refractivity contribution >= 4 is 53.3 Å². The van der Waals surface area contributed by atoms with Crippen molar-refractivity contribution in [1.29, 1.82) is 0 Å². The van der Waals surface area contributed by atoms with Crippen molar-refractivity contribution in [2.75, 3.05) is 10.5 Å². The van der Waals surface area contributed by atoms with E-state index < -0.39 is 10.0 Å². The molecule has 0 fully saturated rings. The predicted octanol–water partition coefficient (Wildman–Crippen LogP) is 3.20. The zero-order chi connectivity index (χ0) is 15.1. The Labute approximate surface area is 133 Å². The van der Waals surface area contributed by atoms with Gasteiger partial charge in [0.2, 0.25) is 0 Å². The van der Waals surface area contributed by atoms with Crippen LogP contribution in [0.5, 0.6) is 0 Å². The molecule has 0 aliphatic heterocycles. The lowest BCUT2D eigenvalue weighted by Crippen LogP contribution is -2.15. The summed E-state index contributed by atoms with van der Waals surface area (Å²) in [6.07, 6.45) is 0. The smallest absolute Gasteiger partial charge is 0.267 e. The highest BCUT2D eigenvalue weighted by molar-refractivity contribution is 9.11. The number of aryl methyl sites for hydroxylation is 2. The van der Waals surface area contributed by atoms with Gasteiger partial charge in [-0.25, -0.2) is 8.42 Å². The number of anilines is 2. The molecule has 0 spiro atoms. The fourth-order valence-electron chi connectivity index (χ4n) is 1.73. The second-order valence-corrected chi connectivity index (χ2v) is 7.45. The van der Waals surface area contributed by atoms with Crippen molar-refractivity contribution in [3.63, 3.8) is 0 Å². The fourth-order valence-corrected chi connectivity index (χ4v) is 4.85. The summed E-state index contributed by atoms with van der Waals surface area (Å²) in [5.41, 5.74) is 6.84. The van der Waals surface area contributed by atoms with Crippen LogP contribution in [-0.4, -0.2) is 13.6 Å². The second kappa shape index (κ2) is 5.38. The number of sulfonamides is 1. The van der Waals surface area contributed by atoms with E-state index in [0.29, 0.717) is 26.0 Å². The van der Waals surface area contributed by atoms with Gasteiger partial charge in [-0.3, -0.25) is 4.72 Å². The highest BCUT2D eigenvalue weighted by Gasteiger charge is 2.25. The molecule has 1 heterocycles. The zero-order valence-electron chi connectivity index (χ0n) is 10.6. The normalized spacial score (nSPS) is 11.6. The Morgan fingerprint density at radius 2 is 1.80 bits per heavy atom. The van der Waals surface area contributed by atoms with Crippen LogP contribution in [0.3, 0.4) is 0 Å². The van der Waals surface area contributed by atoms with Gasteiger partial charge in [0.25, 0.3) is 10.0 Å². The first-order valence-electron chi connectivity index (χ1n) is 5.42. The van der Waals surface area contributed by atoms with E-state index in [1.54, 1.807) is 26.0 Å². The maximum Gasteiger partial charge on any atom is 0.267 e. The van der Waals surface area contributed by atoms with Crippen LogP contribution in [0, 0.1) is 13.8 Å². The highest BCUT2D eigenvalue weighted by atomic mass is 79.9. The Balaban J connectivity index is 2.50. The molecule has 0 amide bonds. The van der Waals surface area contributed by atoms with E-state index in [9.17, 15) is 8.42 Å². The van der Waals surface area contributed by atoms with E-state index in [1.165, 1.54) is 0 Å². The minimum Gasteiger partial charge on any atom is -0.399 e. The average molecular weight is 425 g/mol. The van der Waals surface area contributed by atoms with E-state index in [-0.39, 0.29) is 10.7 Å². The number of nitrogen functional groups attached to an aromatic ring is 1. The van der Waals surface area contributed by atoms with Crippen LogP contribution in [0.1, 0.15) is 11.5 Å². The lowest BCUT2D eigenvalue weighted by Gasteiger charge is -2.12. The molecule has 0 aliphatic carbocycles. The third-order valence-electron chi connectivity index (χ3n) is 2.54. The molecule has 2 aromatic rings. The van der Waals surface area contributed by atoms with Crippen molar-refractivity contribution in [2.24, 2.45) is 0 Å². The number of nitrogens with two attached hydrogens (primary N) is 1. The number of benzene rings is 1. The number of nitrogens with zero attached hydrogens (tertiary/aromatic N) is 1. The molecule has 3 N–H and O–H groups in total. The molecule has 2 rings (SSSR count). The first-order chi connectivity index (χ1) is 9.22. The van der Waals surface area contributed by atoms with Crippen LogP contribution in [0.15, 0.2) is 30.5 Å². The Morgan fingerprint density at radius 3 is 2.25 bits per heavy atom. The van der Waals surface area contributed by atoms with Gasteiger partial charge in [-0.2, -0.15) is 0 Å². The molecule has 0 saturated heterocycles. The SMILES string of the molecule is Cc1noc(C)c1S(=O)(=O)Nc1c(Br)cc(N)cc1Br. The molecule has 20 heavy (non-hydrogen) atoms. The summed E-state index contributed by atoms with van der Waals surface area (Å²) in [4.78, 5) is 0.0353. The molecule has 0 bridgehead atoms. The van der Waals surface area contributed by atoms with Crippen LogP contribution < -0.4 is 10.5 Å². The summed E-state index contributed by atoms with van der Waals surface area (Å²) in [6.45, 7) is 3.11. The van der Waals surface area contributed by atoms with Crippen LogP contribution in [0.25, 0.3) is 0 Å². The molecule has 6 nitrogen and oxygen atoms in total. The first kappa shape index (κ1) is 15.3. The highest BCUT2D eigenvalue weighted by Crippen LogP contribution is 2.35. The number of hydrogen-bond acceptors (Lipinski definition) is 5. The molecule has 0 radical (unpaired) electrons. The Bertz CT molecular complexity index is 729. The summed E-state index contributed by atoms with van der Waals surface area (Å²) >= 11 is 6.55. The Hall–Kier alpha value is -1.06. The number of halogens is 2. The van der Waals surface area contributed by atoms with Crippen molar-refractivity contribution < 1.29 is 12.9 Å². The Kier molecular flexibility index (Phi) is 4.12. The summed E-state index contributed by atoms with van der Waals surface area (Å²) in [6, 6.07) is 3.21. The van der Waals surface area contributed by atoms with Gasteiger partial charge in [-0.05, 0) is 57.8 Å². The van der Waals surface area contributed by atoms with Crippen LogP contribution in [-0.2, 0) is 10.0 Å². The number of aromatic nitrogens is 1. The lowest BCUT2D eigenvalue weighted by atomic mass is 10.3. The standard InChI is InChI=1S/C11H11Br2N3O3S/c1-5-11(6(2)19-15-5)20(17,18)16-10-8(12)3-7(14)4-9(10)13/h3-4,16H,14H2,1-2H3. The second-order valence-electron chi connectivity index (χ2n) is 4.12. The van der Waals surface area contributed by atoms with Crippen LogP contribution in [0.2, 0.25) is 0 Å². The lowest BCUT2D eigenvalue weighted by molar-refractivity contribution is 0.390. The van der Waals surface area contributed by atoms with Gasteiger partial charge in [0.15, 0.2) is 10.7 Å². The number of hydrogen-bond donors (Lipinski definition) is 2. The number of nitrogens with one attached hydrogen (secondary N) is 1. The summed E-state index contributed by atoms with van der Waals surface area (Å²) in [5.74, 6) is 0.234. The summed E-state index contributed by atoms with van der Waals surface area (Å²) in [5, 5.41) is 3.65. The van der Waals surface area contributed by atoms with E-state index in [4.69, 9.17) is 10.3 Å². The molecule has 108 valence electrons. The maximum absolute atomic E-state index is 12.4. The monoisotopic (exact) mass is 423 g/mol. The first-order valence-corrected chi connectivity index (χ1v) is 8.49. The predicted molar refractivity (Wildman–Crippen MR) is 83.0 cm³/mol.